The number of halogens is 2. The van der Waals surface area contributed by atoms with Gasteiger partial charge < -0.3 is 10.4 Å². The van der Waals surface area contributed by atoms with Crippen LogP contribution in [-0.4, -0.2) is 32.3 Å². The number of aliphatic carboxylic acids is 1. The minimum absolute atomic E-state index is 0.153. The van der Waals surface area contributed by atoms with Crippen molar-refractivity contribution in [1.82, 2.24) is 15.1 Å². The van der Waals surface area contributed by atoms with Gasteiger partial charge in [0.05, 0.1) is 12.1 Å². The Hall–Kier alpha value is -1.99. The second-order valence-corrected chi connectivity index (χ2v) is 6.40. The number of carbonyl (C=O) groups excluding carboxylic acids is 1. The van der Waals surface area contributed by atoms with Gasteiger partial charge in [-0.3, -0.25) is 4.79 Å². The molecule has 0 aromatic carbocycles. The molecule has 0 spiro atoms. The van der Waals surface area contributed by atoms with Crippen molar-refractivity contribution in [1.29, 1.82) is 0 Å². The van der Waals surface area contributed by atoms with Crippen LogP contribution in [0.4, 0.5) is 8.78 Å². The van der Waals surface area contributed by atoms with Crippen LogP contribution in [0, 0.1) is 13.8 Å². The topological polar surface area (TPSA) is 84.2 Å². The van der Waals surface area contributed by atoms with Crippen molar-refractivity contribution in [2.45, 2.75) is 70.9 Å². The van der Waals surface area contributed by atoms with E-state index in [1.54, 1.807) is 6.92 Å². The van der Waals surface area contributed by atoms with Gasteiger partial charge >= 0.3 is 12.5 Å². The lowest BCUT2D eigenvalue weighted by Gasteiger charge is -2.29. The second-order valence-electron chi connectivity index (χ2n) is 6.40. The van der Waals surface area contributed by atoms with E-state index in [-0.39, 0.29) is 12.1 Å². The van der Waals surface area contributed by atoms with E-state index in [1.807, 2.05) is 0 Å². The first-order valence-corrected chi connectivity index (χ1v) is 8.14. The molecule has 2 rings (SSSR count). The first kappa shape index (κ1) is 18.4. The number of nitrogens with one attached hydrogen (secondary N) is 1. The summed E-state index contributed by atoms with van der Waals surface area (Å²) in [5, 5.41) is 16.0. The summed E-state index contributed by atoms with van der Waals surface area (Å²) in [6.45, 7) is 0.272. The largest absolute Gasteiger partial charge is 0.480 e. The molecule has 2 N–H and O–H groups in total. The molecule has 24 heavy (non-hydrogen) atoms. The van der Waals surface area contributed by atoms with Gasteiger partial charge in [0.2, 0.25) is 5.91 Å². The van der Waals surface area contributed by atoms with E-state index >= 15 is 0 Å². The van der Waals surface area contributed by atoms with Crippen LogP contribution in [0.2, 0.25) is 0 Å². The molecule has 8 heteroatoms. The van der Waals surface area contributed by atoms with Crippen molar-refractivity contribution in [3.63, 3.8) is 0 Å². The lowest BCUT2D eigenvalue weighted by Crippen LogP contribution is -2.54. The fourth-order valence-electron chi connectivity index (χ4n) is 3.34. The summed E-state index contributed by atoms with van der Waals surface area (Å²) in [4.78, 5) is 24.1. The molecule has 134 valence electrons. The lowest BCUT2D eigenvalue weighted by atomic mass is 9.90. The zero-order valence-corrected chi connectivity index (χ0v) is 13.9. The Morgan fingerprint density at radius 1 is 1.25 bits per heavy atom. The molecule has 1 aromatic heterocycles. The van der Waals surface area contributed by atoms with Gasteiger partial charge in [0.15, 0.2) is 0 Å². The summed E-state index contributed by atoms with van der Waals surface area (Å²) in [6, 6.07) is 0. The summed E-state index contributed by atoms with van der Waals surface area (Å²) >= 11 is 0. The Kier molecular flexibility index (Phi) is 5.56. The first-order chi connectivity index (χ1) is 11.3. The molecule has 1 heterocycles. The summed E-state index contributed by atoms with van der Waals surface area (Å²) in [5.41, 5.74) is -0.258. The van der Waals surface area contributed by atoms with E-state index < -0.39 is 24.0 Å². The van der Waals surface area contributed by atoms with E-state index in [9.17, 15) is 23.5 Å². The number of aromatic nitrogens is 2. The number of rotatable bonds is 5. The molecule has 0 aliphatic heterocycles. The van der Waals surface area contributed by atoms with Gasteiger partial charge in [0, 0.05) is 11.3 Å². The highest BCUT2D eigenvalue weighted by Gasteiger charge is 2.40. The maximum atomic E-state index is 12.9. The van der Waals surface area contributed by atoms with Crippen molar-refractivity contribution < 1.29 is 23.5 Å². The summed E-state index contributed by atoms with van der Waals surface area (Å²) in [5.74, 6) is -1.51. The third kappa shape index (κ3) is 3.73. The highest BCUT2D eigenvalue weighted by molar-refractivity contribution is 5.88. The molecule has 6 nitrogen and oxygen atoms in total. The number of nitrogens with zero attached hydrogens (tertiary/aromatic N) is 2. The summed E-state index contributed by atoms with van der Waals surface area (Å²) in [6.07, 6.45) is 4.01. The van der Waals surface area contributed by atoms with E-state index in [1.165, 1.54) is 6.92 Å². The Balaban J connectivity index is 2.16. The van der Waals surface area contributed by atoms with E-state index in [4.69, 9.17) is 0 Å². The number of carboxylic acids is 1. The zero-order chi connectivity index (χ0) is 17.9. The fourth-order valence-corrected chi connectivity index (χ4v) is 3.34. The van der Waals surface area contributed by atoms with Crippen molar-refractivity contribution in [3.8, 4) is 0 Å². The zero-order valence-electron chi connectivity index (χ0n) is 13.9. The van der Waals surface area contributed by atoms with Gasteiger partial charge in [-0.25, -0.2) is 9.48 Å². The maximum absolute atomic E-state index is 12.9. The molecule has 1 saturated carbocycles. The summed E-state index contributed by atoms with van der Waals surface area (Å²) < 4.78 is 26.3. The van der Waals surface area contributed by atoms with Gasteiger partial charge in [-0.1, -0.05) is 25.7 Å². The number of hydrogen-bond acceptors (Lipinski definition) is 3. The van der Waals surface area contributed by atoms with Crippen molar-refractivity contribution in [2.24, 2.45) is 0 Å². The number of alkyl halides is 2. The Morgan fingerprint density at radius 2 is 1.83 bits per heavy atom. The van der Waals surface area contributed by atoms with Crippen LogP contribution in [0.5, 0.6) is 0 Å². The predicted octanol–water partition coefficient (Wildman–Crippen LogP) is 2.73. The normalized spacial score (nSPS) is 17.5. The number of carbonyl (C=O) groups is 2. The van der Waals surface area contributed by atoms with Gasteiger partial charge in [0.1, 0.15) is 5.54 Å². The van der Waals surface area contributed by atoms with Gasteiger partial charge in [-0.2, -0.15) is 13.9 Å². The standard InChI is InChI=1S/C16H23F2N3O3/c1-10-12(11(2)21(20-10)15(17)18)9-13(22)19-16(14(23)24)7-5-3-4-6-8-16/h15H,3-9H2,1-2H3,(H,19,22)(H,23,24). The second kappa shape index (κ2) is 7.27. The molecule has 0 bridgehead atoms. The number of amides is 1. The van der Waals surface area contributed by atoms with Gasteiger partial charge in [-0.05, 0) is 26.7 Å². The molecule has 0 atom stereocenters. The maximum Gasteiger partial charge on any atom is 0.333 e. The smallest absolute Gasteiger partial charge is 0.333 e. The quantitative estimate of drug-likeness (QED) is 0.805. The Morgan fingerprint density at radius 3 is 2.29 bits per heavy atom. The van der Waals surface area contributed by atoms with Crippen LogP contribution in [0.1, 0.15) is 62.0 Å². The molecule has 1 aliphatic rings. The van der Waals surface area contributed by atoms with E-state index in [0.29, 0.717) is 28.8 Å². The molecule has 1 fully saturated rings. The molecule has 0 radical (unpaired) electrons. The number of hydrogen-bond donors (Lipinski definition) is 2. The number of carboxylic acid groups (broad SMARTS) is 1. The van der Waals surface area contributed by atoms with Crippen molar-refractivity contribution >= 4 is 11.9 Å². The minimum Gasteiger partial charge on any atom is -0.480 e. The molecular weight excluding hydrogens is 320 g/mol. The Labute approximate surface area is 139 Å². The van der Waals surface area contributed by atoms with E-state index in [2.05, 4.69) is 10.4 Å². The summed E-state index contributed by atoms with van der Waals surface area (Å²) in [7, 11) is 0. The molecule has 1 aromatic rings. The first-order valence-electron chi connectivity index (χ1n) is 8.14. The van der Waals surface area contributed by atoms with Crippen molar-refractivity contribution in [2.75, 3.05) is 0 Å². The van der Waals surface area contributed by atoms with Gasteiger partial charge in [-0.15, -0.1) is 0 Å². The highest BCUT2D eigenvalue weighted by atomic mass is 19.3. The molecule has 0 unspecified atom stereocenters. The predicted molar refractivity (Wildman–Crippen MR) is 82.9 cm³/mol. The lowest BCUT2D eigenvalue weighted by molar-refractivity contribution is -0.148. The van der Waals surface area contributed by atoms with Crippen LogP contribution < -0.4 is 5.32 Å². The molecule has 0 saturated heterocycles. The fraction of sp³-hybridized carbons (Fsp3) is 0.688. The Bertz CT molecular complexity index is 620. The van der Waals surface area contributed by atoms with Gasteiger partial charge in [0.25, 0.3) is 0 Å². The van der Waals surface area contributed by atoms with Crippen molar-refractivity contribution in [3.05, 3.63) is 17.0 Å². The monoisotopic (exact) mass is 343 g/mol. The van der Waals surface area contributed by atoms with E-state index in [0.717, 1.165) is 25.7 Å². The van der Waals surface area contributed by atoms with Crippen LogP contribution in [-0.2, 0) is 16.0 Å². The molecular formula is C16H23F2N3O3. The van der Waals surface area contributed by atoms with Crippen LogP contribution >= 0.6 is 0 Å². The third-order valence-electron chi connectivity index (χ3n) is 4.74. The minimum atomic E-state index is -2.77. The molecule has 1 amide bonds. The average Bonchev–Trinajstić information content (AvgIpc) is 2.69. The van der Waals surface area contributed by atoms with Crippen LogP contribution in [0.3, 0.4) is 0 Å². The number of aryl methyl sites for hydroxylation is 1. The van der Waals surface area contributed by atoms with Crippen LogP contribution in [0.25, 0.3) is 0 Å². The average molecular weight is 343 g/mol. The SMILES string of the molecule is Cc1nn(C(F)F)c(C)c1CC(=O)NC1(C(=O)O)CCCCCC1. The van der Waals surface area contributed by atoms with Crippen LogP contribution in [0.15, 0.2) is 0 Å². The highest BCUT2D eigenvalue weighted by Crippen LogP contribution is 2.28. The molecule has 1 aliphatic carbocycles. The third-order valence-corrected chi connectivity index (χ3v) is 4.74.